The number of hydrogen-bond donors (Lipinski definition) is 4. The largest absolute Gasteiger partial charge is 0.469 e. The maximum atomic E-state index is 12.5. The molecule has 0 aliphatic heterocycles. The molecule has 0 fully saturated rings. The Bertz CT molecular complexity index is 644. The summed E-state index contributed by atoms with van der Waals surface area (Å²) in [6, 6.07) is -0.815. The molecule has 0 bridgehead atoms. The summed E-state index contributed by atoms with van der Waals surface area (Å²) in [4.78, 5) is 30.7. The highest BCUT2D eigenvalue weighted by Gasteiger charge is 2.25. The molecule has 0 aliphatic rings. The Balaban J connectivity index is 3.87. The van der Waals surface area contributed by atoms with Gasteiger partial charge in [0.25, 0.3) is 0 Å². The van der Waals surface area contributed by atoms with Gasteiger partial charge in [-0.3, -0.25) is 9.32 Å². The maximum absolute atomic E-state index is 12.5. The van der Waals surface area contributed by atoms with Crippen LogP contribution in [0.4, 0.5) is 0 Å². The molecule has 0 spiro atoms. The maximum Gasteiger partial charge on any atom is 0.469 e. The molecule has 43 heavy (non-hydrogen) atoms. The normalized spacial score (nSPS) is 13.3. The highest BCUT2D eigenvalue weighted by atomic mass is 31.2. The standard InChI is InChI=1S/C35H72NO6P/c1-3-5-7-9-11-13-14-15-16-17-18-19-20-21-23-25-27-29-31-35(38)36-33(32-42-43(39,40)41)34(37)30-28-26-24-22-12-10-8-6-4-2/h33-34,37H,3-32H2,1-2H3,(H,36,38)(H2,39,40,41)/t33-,34+/m0/s1. The summed E-state index contributed by atoms with van der Waals surface area (Å²) in [5, 5.41) is 13.4. The Morgan fingerprint density at radius 3 is 1.26 bits per heavy atom. The van der Waals surface area contributed by atoms with Crippen LogP contribution in [-0.2, 0) is 13.9 Å². The number of phosphoric acid groups is 1. The summed E-state index contributed by atoms with van der Waals surface area (Å²) in [5.74, 6) is -0.193. The van der Waals surface area contributed by atoms with Crippen molar-refractivity contribution >= 4 is 13.7 Å². The minimum absolute atomic E-state index is 0.193. The van der Waals surface area contributed by atoms with Gasteiger partial charge in [-0.1, -0.05) is 181 Å². The Labute approximate surface area is 266 Å². The Kier molecular flexibility index (Phi) is 31.2. The number of nitrogens with one attached hydrogen (secondary N) is 1. The number of amides is 1. The van der Waals surface area contributed by atoms with Gasteiger partial charge in [-0.2, -0.15) is 0 Å². The second kappa shape index (κ2) is 31.5. The van der Waals surface area contributed by atoms with Gasteiger partial charge in [-0.25, -0.2) is 4.57 Å². The molecule has 258 valence electrons. The van der Waals surface area contributed by atoms with Crippen LogP contribution in [0.5, 0.6) is 0 Å². The van der Waals surface area contributed by atoms with E-state index in [2.05, 4.69) is 23.7 Å². The third kappa shape index (κ3) is 32.7. The highest BCUT2D eigenvalue weighted by Crippen LogP contribution is 2.36. The van der Waals surface area contributed by atoms with E-state index in [4.69, 9.17) is 9.79 Å². The van der Waals surface area contributed by atoms with E-state index >= 15 is 0 Å². The van der Waals surface area contributed by atoms with Crippen LogP contribution in [0.15, 0.2) is 0 Å². The number of unbranched alkanes of at least 4 members (excludes halogenated alkanes) is 25. The number of rotatable bonds is 34. The molecule has 0 heterocycles. The van der Waals surface area contributed by atoms with Crippen LogP contribution in [0.25, 0.3) is 0 Å². The lowest BCUT2D eigenvalue weighted by Crippen LogP contribution is -2.46. The van der Waals surface area contributed by atoms with Gasteiger partial charge in [-0.15, -0.1) is 0 Å². The number of aliphatic hydroxyl groups excluding tert-OH is 1. The van der Waals surface area contributed by atoms with Crippen LogP contribution in [0.1, 0.15) is 200 Å². The molecule has 2 atom stereocenters. The van der Waals surface area contributed by atoms with Crippen molar-refractivity contribution in [2.24, 2.45) is 0 Å². The third-order valence-corrected chi connectivity index (χ3v) is 9.08. The summed E-state index contributed by atoms with van der Waals surface area (Å²) >= 11 is 0. The molecule has 0 saturated heterocycles. The lowest BCUT2D eigenvalue weighted by molar-refractivity contribution is -0.123. The zero-order valence-corrected chi connectivity index (χ0v) is 29.3. The third-order valence-electron chi connectivity index (χ3n) is 8.59. The van der Waals surface area contributed by atoms with Gasteiger partial charge in [-0.05, 0) is 12.8 Å². The first-order valence-corrected chi connectivity index (χ1v) is 20.0. The van der Waals surface area contributed by atoms with Gasteiger partial charge in [0, 0.05) is 6.42 Å². The molecule has 7 nitrogen and oxygen atoms in total. The fourth-order valence-corrected chi connectivity index (χ4v) is 6.11. The molecule has 0 aliphatic carbocycles. The Morgan fingerprint density at radius 2 is 0.907 bits per heavy atom. The number of phosphoric ester groups is 1. The molecule has 0 aromatic carbocycles. The summed E-state index contributed by atoms with van der Waals surface area (Å²) in [6.07, 6.45) is 33.8. The highest BCUT2D eigenvalue weighted by molar-refractivity contribution is 7.46. The summed E-state index contributed by atoms with van der Waals surface area (Å²) in [5.41, 5.74) is 0. The number of carbonyl (C=O) groups excluding carboxylic acids is 1. The molecule has 0 aromatic rings. The average Bonchev–Trinajstić information content (AvgIpc) is 2.97. The smallest absolute Gasteiger partial charge is 0.391 e. The van der Waals surface area contributed by atoms with Crippen molar-refractivity contribution in [3.63, 3.8) is 0 Å². The number of aliphatic hydroxyl groups is 1. The fraction of sp³-hybridized carbons (Fsp3) is 0.971. The first-order valence-electron chi connectivity index (χ1n) is 18.5. The SMILES string of the molecule is CCCCCCCCCCCCCCCCCCCCC(=O)N[C@@H](COP(=O)(O)O)[C@H](O)CCCCCCCCCCC. The number of carbonyl (C=O) groups is 1. The van der Waals surface area contributed by atoms with E-state index in [1.165, 1.54) is 135 Å². The average molecular weight is 634 g/mol. The van der Waals surface area contributed by atoms with E-state index in [0.29, 0.717) is 12.8 Å². The lowest BCUT2D eigenvalue weighted by atomic mass is 10.0. The number of hydrogen-bond acceptors (Lipinski definition) is 4. The molecular formula is C35H72NO6P. The topological polar surface area (TPSA) is 116 Å². The molecule has 0 radical (unpaired) electrons. The molecule has 4 N–H and O–H groups in total. The van der Waals surface area contributed by atoms with Gasteiger partial charge in [0.15, 0.2) is 0 Å². The van der Waals surface area contributed by atoms with Crippen LogP contribution >= 0.6 is 7.82 Å². The van der Waals surface area contributed by atoms with Crippen molar-refractivity contribution in [2.75, 3.05) is 6.61 Å². The van der Waals surface area contributed by atoms with Crippen LogP contribution in [0.2, 0.25) is 0 Å². The first kappa shape index (κ1) is 42.5. The Morgan fingerprint density at radius 1 is 0.581 bits per heavy atom. The van der Waals surface area contributed by atoms with Crippen molar-refractivity contribution < 1.29 is 28.8 Å². The molecule has 0 unspecified atom stereocenters. The van der Waals surface area contributed by atoms with E-state index in [9.17, 15) is 14.5 Å². The van der Waals surface area contributed by atoms with Gasteiger partial charge < -0.3 is 20.2 Å². The van der Waals surface area contributed by atoms with Crippen LogP contribution in [0, 0.1) is 0 Å². The van der Waals surface area contributed by atoms with E-state index in [1.54, 1.807) is 0 Å². The van der Waals surface area contributed by atoms with E-state index in [1.807, 2.05) is 0 Å². The molecule has 0 aromatic heterocycles. The van der Waals surface area contributed by atoms with Crippen molar-refractivity contribution in [2.45, 2.75) is 212 Å². The quantitative estimate of drug-likeness (QED) is 0.0414. The van der Waals surface area contributed by atoms with Crippen molar-refractivity contribution in [1.82, 2.24) is 5.32 Å². The molecule has 8 heteroatoms. The summed E-state index contributed by atoms with van der Waals surface area (Å²) in [7, 11) is -4.67. The minimum Gasteiger partial charge on any atom is -0.391 e. The van der Waals surface area contributed by atoms with Crippen LogP contribution < -0.4 is 5.32 Å². The van der Waals surface area contributed by atoms with Gasteiger partial charge >= 0.3 is 7.82 Å². The lowest BCUT2D eigenvalue weighted by Gasteiger charge is -2.24. The predicted octanol–water partition coefficient (Wildman–Crippen LogP) is 10.3. The summed E-state index contributed by atoms with van der Waals surface area (Å²) < 4.78 is 15.8. The van der Waals surface area contributed by atoms with Gasteiger partial charge in [0.2, 0.25) is 5.91 Å². The molecule has 0 saturated carbocycles. The van der Waals surface area contributed by atoms with Crippen molar-refractivity contribution in [3.8, 4) is 0 Å². The zero-order valence-electron chi connectivity index (χ0n) is 28.4. The van der Waals surface area contributed by atoms with Crippen molar-refractivity contribution in [3.05, 3.63) is 0 Å². The van der Waals surface area contributed by atoms with E-state index in [0.717, 1.165) is 38.5 Å². The van der Waals surface area contributed by atoms with E-state index in [-0.39, 0.29) is 5.91 Å². The Hall–Kier alpha value is -0.460. The fourth-order valence-electron chi connectivity index (χ4n) is 5.76. The molecule has 1 amide bonds. The monoisotopic (exact) mass is 634 g/mol. The summed E-state index contributed by atoms with van der Waals surface area (Å²) in [6.45, 7) is 4.09. The van der Waals surface area contributed by atoms with Gasteiger partial charge in [0.1, 0.15) is 0 Å². The minimum atomic E-state index is -4.67. The van der Waals surface area contributed by atoms with E-state index < -0.39 is 26.6 Å². The molecule has 0 rings (SSSR count). The predicted molar refractivity (Wildman–Crippen MR) is 181 cm³/mol. The van der Waals surface area contributed by atoms with Crippen LogP contribution in [-0.4, -0.2) is 39.6 Å². The van der Waals surface area contributed by atoms with Crippen molar-refractivity contribution in [1.29, 1.82) is 0 Å². The molecular weight excluding hydrogens is 561 g/mol. The first-order chi connectivity index (χ1) is 20.8. The van der Waals surface area contributed by atoms with Crippen LogP contribution in [0.3, 0.4) is 0 Å². The zero-order chi connectivity index (χ0) is 31.9. The van der Waals surface area contributed by atoms with Gasteiger partial charge in [0.05, 0.1) is 18.8 Å². The second-order valence-electron chi connectivity index (χ2n) is 12.9. The second-order valence-corrected chi connectivity index (χ2v) is 14.1.